The number of aliphatic hydroxyl groups excluding tert-OH is 1. The second-order valence-corrected chi connectivity index (χ2v) is 5.45. The number of amides is 1. The van der Waals surface area contributed by atoms with E-state index in [4.69, 9.17) is 14.2 Å². The quantitative estimate of drug-likeness (QED) is 0.768. The number of aliphatic hydroxyl groups is 1. The Morgan fingerprint density at radius 3 is 2.40 bits per heavy atom. The molecule has 2 aromatic rings. The molecule has 2 aromatic carbocycles. The SMILES string of the molecule is COc1ccc(C(O)CNC(=O)C(C)Oc2ccccc2)cc1OC. The van der Waals surface area contributed by atoms with Crippen LogP contribution in [0.15, 0.2) is 48.5 Å². The van der Waals surface area contributed by atoms with Crippen molar-refractivity contribution in [3.05, 3.63) is 54.1 Å². The van der Waals surface area contributed by atoms with Gasteiger partial charge in [-0.3, -0.25) is 4.79 Å². The molecular weight excluding hydrogens is 322 g/mol. The van der Waals surface area contributed by atoms with E-state index < -0.39 is 12.2 Å². The van der Waals surface area contributed by atoms with Crippen LogP contribution in [-0.4, -0.2) is 37.9 Å². The highest BCUT2D eigenvalue weighted by Crippen LogP contribution is 2.29. The second kappa shape index (κ2) is 8.94. The standard InChI is InChI=1S/C19H23NO5/c1-13(25-15-7-5-4-6-8-15)19(22)20-12-16(21)14-9-10-17(23-2)18(11-14)24-3/h4-11,13,16,21H,12H2,1-3H3,(H,20,22). The van der Waals surface area contributed by atoms with Crippen LogP contribution in [0.2, 0.25) is 0 Å². The predicted molar refractivity (Wildman–Crippen MR) is 94.0 cm³/mol. The molecule has 2 N–H and O–H groups in total. The topological polar surface area (TPSA) is 77.0 Å². The Bertz CT molecular complexity index is 689. The number of ether oxygens (including phenoxy) is 3. The maximum atomic E-state index is 12.1. The van der Waals surface area contributed by atoms with E-state index in [0.29, 0.717) is 22.8 Å². The van der Waals surface area contributed by atoms with Crippen LogP contribution in [0.5, 0.6) is 17.2 Å². The van der Waals surface area contributed by atoms with Crippen LogP contribution in [0, 0.1) is 0 Å². The summed E-state index contributed by atoms with van der Waals surface area (Å²) in [7, 11) is 3.07. The lowest BCUT2D eigenvalue weighted by Gasteiger charge is -2.17. The fraction of sp³-hybridized carbons (Fsp3) is 0.316. The first kappa shape index (κ1) is 18.6. The molecule has 2 rings (SSSR count). The van der Waals surface area contributed by atoms with Gasteiger partial charge >= 0.3 is 0 Å². The maximum absolute atomic E-state index is 12.1. The normalized spacial score (nSPS) is 12.8. The molecule has 0 radical (unpaired) electrons. The Morgan fingerprint density at radius 2 is 1.76 bits per heavy atom. The van der Waals surface area contributed by atoms with Gasteiger partial charge < -0.3 is 24.6 Å². The molecule has 134 valence electrons. The number of hydrogen-bond acceptors (Lipinski definition) is 5. The van der Waals surface area contributed by atoms with Gasteiger partial charge in [-0.1, -0.05) is 24.3 Å². The summed E-state index contributed by atoms with van der Waals surface area (Å²) in [6.45, 7) is 1.72. The molecule has 0 bridgehead atoms. The molecule has 0 aliphatic carbocycles. The second-order valence-electron chi connectivity index (χ2n) is 5.45. The molecule has 0 saturated heterocycles. The summed E-state index contributed by atoms with van der Waals surface area (Å²) < 4.78 is 15.9. The third-order valence-corrected chi connectivity index (χ3v) is 3.69. The van der Waals surface area contributed by atoms with E-state index in [0.717, 1.165) is 0 Å². The van der Waals surface area contributed by atoms with Gasteiger partial charge in [-0.05, 0) is 36.8 Å². The van der Waals surface area contributed by atoms with Crippen LogP contribution < -0.4 is 19.5 Å². The number of carbonyl (C=O) groups excluding carboxylic acids is 1. The van der Waals surface area contributed by atoms with Gasteiger partial charge in [0.15, 0.2) is 17.6 Å². The van der Waals surface area contributed by atoms with Crippen LogP contribution >= 0.6 is 0 Å². The lowest BCUT2D eigenvalue weighted by atomic mass is 10.1. The average Bonchev–Trinajstić information content (AvgIpc) is 2.65. The highest BCUT2D eigenvalue weighted by molar-refractivity contribution is 5.80. The van der Waals surface area contributed by atoms with E-state index in [1.165, 1.54) is 7.11 Å². The summed E-state index contributed by atoms with van der Waals surface area (Å²) in [6, 6.07) is 14.2. The van der Waals surface area contributed by atoms with E-state index in [9.17, 15) is 9.90 Å². The molecule has 0 aliphatic heterocycles. The van der Waals surface area contributed by atoms with Crippen molar-refractivity contribution in [2.24, 2.45) is 0 Å². The molecule has 6 nitrogen and oxygen atoms in total. The number of para-hydroxylation sites is 1. The molecule has 6 heteroatoms. The summed E-state index contributed by atoms with van der Waals surface area (Å²) in [5, 5.41) is 13.0. The van der Waals surface area contributed by atoms with Crippen molar-refractivity contribution in [3.8, 4) is 17.2 Å². The van der Waals surface area contributed by atoms with Crippen LogP contribution in [0.3, 0.4) is 0 Å². The van der Waals surface area contributed by atoms with Crippen LogP contribution in [0.1, 0.15) is 18.6 Å². The highest BCUT2D eigenvalue weighted by Gasteiger charge is 2.17. The average molecular weight is 345 g/mol. The minimum Gasteiger partial charge on any atom is -0.493 e. The molecule has 0 heterocycles. The van der Waals surface area contributed by atoms with E-state index in [1.54, 1.807) is 44.4 Å². The first-order valence-electron chi connectivity index (χ1n) is 7.94. The van der Waals surface area contributed by atoms with E-state index in [-0.39, 0.29) is 12.5 Å². The fourth-order valence-electron chi connectivity index (χ4n) is 2.28. The third-order valence-electron chi connectivity index (χ3n) is 3.69. The minimum atomic E-state index is -0.868. The molecule has 1 amide bonds. The third kappa shape index (κ3) is 5.12. The van der Waals surface area contributed by atoms with Crippen molar-refractivity contribution in [1.29, 1.82) is 0 Å². The van der Waals surface area contributed by atoms with Crippen LogP contribution in [-0.2, 0) is 4.79 Å². The lowest BCUT2D eigenvalue weighted by Crippen LogP contribution is -2.38. The first-order valence-corrected chi connectivity index (χ1v) is 7.94. The van der Waals surface area contributed by atoms with Gasteiger partial charge in [0.05, 0.1) is 20.3 Å². The van der Waals surface area contributed by atoms with E-state index >= 15 is 0 Å². The van der Waals surface area contributed by atoms with Crippen molar-refractivity contribution in [3.63, 3.8) is 0 Å². The largest absolute Gasteiger partial charge is 0.493 e. The van der Waals surface area contributed by atoms with Crippen molar-refractivity contribution in [2.75, 3.05) is 20.8 Å². The van der Waals surface area contributed by atoms with Crippen molar-refractivity contribution < 1.29 is 24.1 Å². The number of methoxy groups -OCH3 is 2. The summed E-state index contributed by atoms with van der Waals surface area (Å²) >= 11 is 0. The molecular formula is C19H23NO5. The smallest absolute Gasteiger partial charge is 0.260 e. The Balaban J connectivity index is 1.90. The van der Waals surface area contributed by atoms with Crippen molar-refractivity contribution >= 4 is 5.91 Å². The lowest BCUT2D eigenvalue weighted by molar-refractivity contribution is -0.127. The number of carbonyl (C=O) groups is 1. The molecule has 0 aliphatic rings. The number of nitrogens with one attached hydrogen (secondary N) is 1. The predicted octanol–water partition coefficient (Wildman–Crippen LogP) is 2.32. The molecule has 0 saturated carbocycles. The fourth-order valence-corrected chi connectivity index (χ4v) is 2.28. The van der Waals surface area contributed by atoms with Gasteiger partial charge in [0.25, 0.3) is 5.91 Å². The molecule has 0 aromatic heterocycles. The van der Waals surface area contributed by atoms with Gasteiger partial charge in [0.1, 0.15) is 5.75 Å². The molecule has 0 fully saturated rings. The Kier molecular flexibility index (Phi) is 6.65. The molecule has 0 spiro atoms. The Morgan fingerprint density at radius 1 is 1.08 bits per heavy atom. The molecule has 2 atom stereocenters. The Labute approximate surface area is 147 Å². The van der Waals surface area contributed by atoms with Gasteiger partial charge in [0, 0.05) is 6.54 Å². The van der Waals surface area contributed by atoms with Crippen LogP contribution in [0.25, 0.3) is 0 Å². The molecule has 2 unspecified atom stereocenters. The monoisotopic (exact) mass is 345 g/mol. The Hall–Kier alpha value is -2.73. The maximum Gasteiger partial charge on any atom is 0.260 e. The zero-order valence-corrected chi connectivity index (χ0v) is 14.6. The zero-order chi connectivity index (χ0) is 18.2. The summed E-state index contributed by atoms with van der Waals surface area (Å²) in [6.07, 6.45) is -1.53. The van der Waals surface area contributed by atoms with E-state index in [1.807, 2.05) is 18.2 Å². The number of hydrogen-bond donors (Lipinski definition) is 2. The summed E-state index contributed by atoms with van der Waals surface area (Å²) in [5.74, 6) is 1.41. The number of rotatable bonds is 8. The van der Waals surface area contributed by atoms with Gasteiger partial charge in [-0.15, -0.1) is 0 Å². The van der Waals surface area contributed by atoms with Gasteiger partial charge in [0.2, 0.25) is 0 Å². The highest BCUT2D eigenvalue weighted by atomic mass is 16.5. The summed E-state index contributed by atoms with van der Waals surface area (Å²) in [5.41, 5.74) is 0.620. The minimum absolute atomic E-state index is 0.0663. The summed E-state index contributed by atoms with van der Waals surface area (Å²) in [4.78, 5) is 12.1. The number of benzene rings is 2. The van der Waals surface area contributed by atoms with Crippen molar-refractivity contribution in [1.82, 2.24) is 5.32 Å². The molecule has 25 heavy (non-hydrogen) atoms. The first-order chi connectivity index (χ1) is 12.0. The van der Waals surface area contributed by atoms with Crippen molar-refractivity contribution in [2.45, 2.75) is 19.1 Å². The zero-order valence-electron chi connectivity index (χ0n) is 14.6. The van der Waals surface area contributed by atoms with E-state index in [2.05, 4.69) is 5.32 Å². The van der Waals surface area contributed by atoms with Gasteiger partial charge in [-0.2, -0.15) is 0 Å². The van der Waals surface area contributed by atoms with Crippen LogP contribution in [0.4, 0.5) is 0 Å². The van der Waals surface area contributed by atoms with Gasteiger partial charge in [-0.25, -0.2) is 0 Å².